The van der Waals surface area contributed by atoms with Crippen molar-refractivity contribution in [2.45, 2.75) is 135 Å². The minimum Gasteiger partial charge on any atom is -0.493 e. The van der Waals surface area contributed by atoms with Crippen LogP contribution in [0.2, 0.25) is 0 Å². The summed E-state index contributed by atoms with van der Waals surface area (Å²) < 4.78 is 22.8. The van der Waals surface area contributed by atoms with Gasteiger partial charge in [-0.25, -0.2) is 9.59 Å². The molecule has 99 heavy (non-hydrogen) atoms. The van der Waals surface area contributed by atoms with Crippen LogP contribution in [0, 0.1) is 11.3 Å². The van der Waals surface area contributed by atoms with Crippen molar-refractivity contribution in [1.29, 1.82) is 0 Å². The predicted octanol–water partition coefficient (Wildman–Crippen LogP) is 7.44. The highest BCUT2D eigenvalue weighted by molar-refractivity contribution is 6.38. The van der Waals surface area contributed by atoms with E-state index in [4.69, 9.17) is 18.9 Å². The Morgan fingerprint density at radius 2 is 1.35 bits per heavy atom. The first-order chi connectivity index (χ1) is 47.4. The number of anilines is 2. The number of ether oxygens (including phenoxy) is 4. The molecule has 24 nitrogen and oxygen atoms in total. The van der Waals surface area contributed by atoms with Crippen LogP contribution in [0.25, 0.3) is 0 Å². The van der Waals surface area contributed by atoms with Crippen molar-refractivity contribution < 1.29 is 71.7 Å². The van der Waals surface area contributed by atoms with Gasteiger partial charge in [0.15, 0.2) is 11.5 Å². The lowest BCUT2D eigenvalue weighted by molar-refractivity contribution is -0.165. The lowest BCUT2D eigenvalue weighted by atomic mass is 9.87. The molecular formula is C75H91N9O15. The number of fused-ring (bicyclic) bond motifs is 4. The van der Waals surface area contributed by atoms with Crippen LogP contribution >= 0.6 is 0 Å². The van der Waals surface area contributed by atoms with Crippen LogP contribution in [-0.2, 0) is 70.3 Å². The third-order valence-electron chi connectivity index (χ3n) is 17.8. The summed E-state index contributed by atoms with van der Waals surface area (Å²) in [6.07, 6.45) is 3.54. The number of nitrogens with zero attached hydrogens (tertiary/aromatic N) is 4. The Morgan fingerprint density at radius 3 is 2.06 bits per heavy atom. The molecule has 6 atom stereocenters. The Labute approximate surface area is 577 Å². The van der Waals surface area contributed by atoms with Gasteiger partial charge < -0.3 is 59.8 Å². The van der Waals surface area contributed by atoms with E-state index >= 15 is 4.79 Å². The molecule has 24 heteroatoms. The van der Waals surface area contributed by atoms with E-state index in [0.717, 1.165) is 11.6 Å². The minimum atomic E-state index is -1.52. The van der Waals surface area contributed by atoms with Gasteiger partial charge in [0.05, 0.1) is 26.3 Å². The van der Waals surface area contributed by atoms with Gasteiger partial charge in [0, 0.05) is 76.0 Å². The number of esters is 2. The number of aryl methyl sites for hydroxylation is 1. The first-order valence-corrected chi connectivity index (χ1v) is 33.6. The summed E-state index contributed by atoms with van der Waals surface area (Å²) in [6.45, 7) is 6.60. The van der Waals surface area contributed by atoms with Gasteiger partial charge in [0.2, 0.25) is 41.2 Å². The molecule has 8 rings (SSSR count). The molecule has 0 unspecified atom stereocenters. The van der Waals surface area contributed by atoms with E-state index in [-0.39, 0.29) is 76.7 Å². The molecule has 526 valence electrons. The van der Waals surface area contributed by atoms with Gasteiger partial charge in [0.25, 0.3) is 11.8 Å². The molecule has 5 aromatic carbocycles. The molecule has 3 heterocycles. The summed E-state index contributed by atoms with van der Waals surface area (Å²) in [4.78, 5) is 162. The number of hydrogen-bond donors (Lipinski definition) is 5. The molecule has 0 aliphatic carbocycles. The Morgan fingerprint density at radius 1 is 0.687 bits per heavy atom. The molecular weight excluding hydrogens is 1270 g/mol. The molecule has 2 saturated heterocycles. The van der Waals surface area contributed by atoms with E-state index in [1.54, 1.807) is 122 Å². The molecule has 2 fully saturated rings. The fraction of sp³-hybridized carbons (Fsp3) is 0.427. The van der Waals surface area contributed by atoms with Crippen molar-refractivity contribution in [3.63, 3.8) is 0 Å². The summed E-state index contributed by atoms with van der Waals surface area (Å²) in [5.74, 6) is -6.36. The molecule has 5 N–H and O–H groups in total. The highest BCUT2D eigenvalue weighted by atomic mass is 16.5. The molecule has 8 amide bonds. The predicted molar refractivity (Wildman–Crippen MR) is 369 cm³/mol. The van der Waals surface area contributed by atoms with Crippen molar-refractivity contribution >= 4 is 76.4 Å². The van der Waals surface area contributed by atoms with Crippen LogP contribution in [-0.4, -0.2) is 170 Å². The van der Waals surface area contributed by atoms with E-state index in [1.165, 1.54) is 60.8 Å². The lowest BCUT2D eigenvalue weighted by Gasteiger charge is -2.36. The Balaban J connectivity index is 1.09. The summed E-state index contributed by atoms with van der Waals surface area (Å²) in [5, 5.41) is 14.5. The second-order valence-electron chi connectivity index (χ2n) is 26.2. The third kappa shape index (κ3) is 20.4. The highest BCUT2D eigenvalue weighted by Crippen LogP contribution is 2.33. The number of methoxy groups -OCH3 is 2. The zero-order valence-corrected chi connectivity index (χ0v) is 57.5. The standard InChI is InChI=1S/C75H91N9O15/c1-48(2)42-59-71(92)81(5)47-76-39-18-28-65(87)98-46-75(3,4)67(88)73(94)84-40-16-15-26-58(84)74(95)99-60(35-31-50-32-36-61(96-7)62(44-50)97-8)53-22-17-25-55(45-53)77-63(85)37-38-64(86)80-66(51-20-11-9-12-21-51)69(90)79-56(70(91)83-41-19-27-57(83)72(93)82(59)6)43-49-29-33-52(34-30-49)68(89)78-54-23-13-10-14-24-54/h9-14,17-18,20-25,28-30,32-34,36,44-45,48,56-60,66,76H,15-16,19,26-27,31,35,37-43,46-47H2,1-8H3,(H,77,85)(H,78,89)(H,79,90)(H,80,86)/t56-,57+,58-,59-,60+,66-/m0/s1. The average Bonchev–Trinajstić information content (AvgIpc) is 1.78. The van der Waals surface area contributed by atoms with E-state index in [1.807, 2.05) is 26.0 Å². The van der Waals surface area contributed by atoms with Gasteiger partial charge in [0.1, 0.15) is 42.9 Å². The second kappa shape index (κ2) is 35.3. The van der Waals surface area contributed by atoms with Crippen LogP contribution in [0.1, 0.15) is 130 Å². The Hall–Kier alpha value is -10.2. The topological polar surface area (TPSA) is 298 Å². The first-order valence-electron chi connectivity index (χ1n) is 33.6. The average molecular weight is 1360 g/mol. The second-order valence-corrected chi connectivity index (χ2v) is 26.2. The van der Waals surface area contributed by atoms with Gasteiger partial charge in [-0.3, -0.25) is 48.5 Å². The lowest BCUT2D eigenvalue weighted by Crippen LogP contribution is -2.58. The number of cyclic esters (lactones) is 2. The third-order valence-corrected chi connectivity index (χ3v) is 17.8. The molecule has 2 bridgehead atoms. The van der Waals surface area contributed by atoms with Crippen LogP contribution in [0.3, 0.4) is 0 Å². The number of hydrogen-bond acceptors (Lipinski definition) is 16. The number of carbonyl (C=O) groups excluding carboxylic acids is 11. The number of rotatable bonds is 12. The number of benzene rings is 5. The minimum absolute atomic E-state index is 0.00936. The number of Topliss-reactive ketones (excluding diaryl/α,β-unsaturated/α-hetero) is 1. The van der Waals surface area contributed by atoms with Crippen LogP contribution in [0.4, 0.5) is 11.4 Å². The number of carbonyl (C=O) groups is 11. The number of amides is 8. The van der Waals surface area contributed by atoms with Gasteiger partial charge in [-0.2, -0.15) is 0 Å². The smallest absolute Gasteiger partial charge is 0.330 e. The van der Waals surface area contributed by atoms with E-state index < -0.39 is 114 Å². The molecule has 0 spiro atoms. The summed E-state index contributed by atoms with van der Waals surface area (Å²) in [5.41, 5.74) is 1.88. The van der Waals surface area contributed by atoms with Gasteiger partial charge >= 0.3 is 11.9 Å². The maximum Gasteiger partial charge on any atom is 0.330 e. The molecule has 3 aliphatic rings. The number of nitrogens with one attached hydrogen (secondary N) is 5. The number of piperidine rings is 1. The Kier molecular flexibility index (Phi) is 26.6. The van der Waals surface area contributed by atoms with Crippen molar-refractivity contribution in [2.24, 2.45) is 11.3 Å². The largest absolute Gasteiger partial charge is 0.493 e. The quantitative estimate of drug-likeness (QED) is 0.0599. The number of ketones is 1. The summed E-state index contributed by atoms with van der Waals surface area (Å²) in [6, 6.07) is 29.9. The fourth-order valence-corrected chi connectivity index (χ4v) is 12.3. The van der Waals surface area contributed by atoms with Gasteiger partial charge in [-0.05, 0) is 142 Å². The monoisotopic (exact) mass is 1360 g/mol. The SMILES string of the molecule is COc1ccc(CC[C@H]2OC(=O)[C@@H]3CCCCN3C(=O)C(=O)C(C)(C)COC(=O)C=CCNCN(C)C(=O)[C@H](CC(C)C)N(C)C(=O)[C@H]3CCCN3C(=O)[C@H](Cc3ccc(C(=O)Nc4ccccc4)cc3)NC(=O)[C@H](c3ccccc3)NC(=O)CCC(=O)Nc3cccc2c3)cc1OC. The highest BCUT2D eigenvalue weighted by Gasteiger charge is 2.44. The molecule has 0 radical (unpaired) electrons. The van der Waals surface area contributed by atoms with Crippen molar-refractivity contribution in [3.05, 3.63) is 167 Å². The van der Waals surface area contributed by atoms with Crippen molar-refractivity contribution in [1.82, 2.24) is 35.6 Å². The van der Waals surface area contributed by atoms with Gasteiger partial charge in [-0.1, -0.05) is 98.8 Å². The fourth-order valence-electron chi connectivity index (χ4n) is 12.3. The Bertz CT molecular complexity index is 3730. The van der Waals surface area contributed by atoms with E-state index in [0.29, 0.717) is 70.8 Å². The molecule has 5 aromatic rings. The first kappa shape index (κ1) is 74.6. The normalized spacial score (nSPS) is 21.9. The van der Waals surface area contributed by atoms with E-state index in [2.05, 4.69) is 26.6 Å². The van der Waals surface area contributed by atoms with Crippen molar-refractivity contribution in [3.8, 4) is 11.5 Å². The molecule has 0 saturated carbocycles. The summed E-state index contributed by atoms with van der Waals surface area (Å²) >= 11 is 0. The maximum absolute atomic E-state index is 15.3. The van der Waals surface area contributed by atoms with Crippen LogP contribution in [0.15, 0.2) is 140 Å². The van der Waals surface area contributed by atoms with Crippen molar-refractivity contribution in [2.75, 3.05) is 71.9 Å². The molecule has 3 aliphatic heterocycles. The van der Waals surface area contributed by atoms with Crippen LogP contribution in [0.5, 0.6) is 11.5 Å². The summed E-state index contributed by atoms with van der Waals surface area (Å²) in [7, 11) is 6.12. The molecule has 0 aromatic heterocycles. The van der Waals surface area contributed by atoms with Gasteiger partial charge in [-0.15, -0.1) is 0 Å². The zero-order valence-electron chi connectivity index (χ0n) is 57.5. The van der Waals surface area contributed by atoms with E-state index in [9.17, 15) is 47.9 Å². The number of likely N-dealkylation sites (N-methyl/N-ethyl adjacent to an activating group) is 2. The van der Waals surface area contributed by atoms with Crippen LogP contribution < -0.4 is 36.1 Å². The maximum atomic E-state index is 15.3. The zero-order chi connectivity index (χ0) is 71.3. The number of para-hydroxylation sites is 1.